The Labute approximate surface area is 216 Å². The van der Waals surface area contributed by atoms with Crippen LogP contribution in [0.2, 0.25) is 0 Å². The van der Waals surface area contributed by atoms with Crippen molar-refractivity contribution < 1.29 is 13.2 Å². The summed E-state index contributed by atoms with van der Waals surface area (Å²) in [5.74, 6) is -0.506. The van der Waals surface area contributed by atoms with E-state index in [1.165, 1.54) is 22.3 Å². The summed E-state index contributed by atoms with van der Waals surface area (Å²) in [7, 11) is -3.58. The third kappa shape index (κ3) is 6.15. The average molecular weight is 519 g/mol. The van der Waals surface area contributed by atoms with Crippen molar-refractivity contribution in [3.8, 4) is 6.07 Å². The summed E-state index contributed by atoms with van der Waals surface area (Å²) in [4.78, 5) is 16.9. The first kappa shape index (κ1) is 25.5. The molecule has 0 aromatic heterocycles. The largest absolute Gasteiger partial charge is 0.373 e. The van der Waals surface area contributed by atoms with E-state index in [-0.39, 0.29) is 23.6 Å². The lowest BCUT2D eigenvalue weighted by Gasteiger charge is -2.33. The van der Waals surface area contributed by atoms with Crippen LogP contribution >= 0.6 is 11.8 Å². The van der Waals surface area contributed by atoms with Crippen molar-refractivity contribution in [1.82, 2.24) is 9.21 Å². The van der Waals surface area contributed by atoms with E-state index < -0.39 is 15.9 Å². The molecule has 184 valence electrons. The summed E-state index contributed by atoms with van der Waals surface area (Å²) in [6, 6.07) is 26.0. The van der Waals surface area contributed by atoms with Gasteiger partial charge in [0, 0.05) is 42.2 Å². The van der Waals surface area contributed by atoms with Gasteiger partial charge in [-0.05, 0) is 43.3 Å². The minimum atomic E-state index is -3.58. The number of para-hydroxylation sites is 1. The number of hydrogen-bond donors (Lipinski definition) is 1. The summed E-state index contributed by atoms with van der Waals surface area (Å²) in [5, 5.41) is 12.5. The summed E-state index contributed by atoms with van der Waals surface area (Å²) in [5.41, 5.74) is 1.57. The summed E-state index contributed by atoms with van der Waals surface area (Å²) in [6.45, 7) is 3.20. The van der Waals surface area contributed by atoms with E-state index in [0.29, 0.717) is 18.8 Å². The molecule has 36 heavy (non-hydrogen) atoms. The van der Waals surface area contributed by atoms with Gasteiger partial charge in [-0.2, -0.15) is 9.57 Å². The minimum Gasteiger partial charge on any atom is -0.373 e. The lowest BCUT2D eigenvalue weighted by Crippen LogP contribution is -2.46. The molecule has 4 rings (SSSR count). The Bertz CT molecular complexity index is 1390. The van der Waals surface area contributed by atoms with Crippen LogP contribution in [0.3, 0.4) is 0 Å². The van der Waals surface area contributed by atoms with Crippen molar-refractivity contribution in [1.29, 1.82) is 5.26 Å². The van der Waals surface area contributed by atoms with Crippen molar-refractivity contribution in [2.24, 2.45) is 0 Å². The van der Waals surface area contributed by atoms with E-state index in [9.17, 15) is 18.5 Å². The van der Waals surface area contributed by atoms with Gasteiger partial charge in [-0.3, -0.25) is 4.79 Å². The van der Waals surface area contributed by atoms with Crippen LogP contribution in [-0.2, 0) is 14.8 Å². The SMILES string of the molecule is Cc1ccc(S(=O)(=O)N2CCN(/C=C(/C#N)C(=O)Nc3ccccc3Sc3ccccc3)CC2)cc1. The van der Waals surface area contributed by atoms with Gasteiger partial charge in [-0.15, -0.1) is 0 Å². The molecule has 7 nitrogen and oxygen atoms in total. The standard InChI is InChI=1S/C27H26N4O3S2/c1-21-11-13-24(14-12-21)36(33,34)31-17-15-30(16-18-31)20-22(19-28)27(32)29-25-9-5-6-10-26(25)35-23-7-3-2-4-8-23/h2-14,20H,15-18H2,1H3,(H,29,32)/b22-20-. The number of sulfonamides is 1. The van der Waals surface area contributed by atoms with Crippen LogP contribution in [0.1, 0.15) is 5.56 Å². The van der Waals surface area contributed by atoms with Crippen molar-refractivity contribution in [3.63, 3.8) is 0 Å². The number of piperazine rings is 1. The van der Waals surface area contributed by atoms with Gasteiger partial charge in [-0.25, -0.2) is 8.42 Å². The highest BCUT2D eigenvalue weighted by Crippen LogP contribution is 2.33. The van der Waals surface area contributed by atoms with Crippen LogP contribution < -0.4 is 5.32 Å². The van der Waals surface area contributed by atoms with E-state index in [0.717, 1.165) is 15.4 Å². The maximum atomic E-state index is 12.9. The Kier molecular flexibility index (Phi) is 8.10. The van der Waals surface area contributed by atoms with Gasteiger partial charge in [0.25, 0.3) is 5.91 Å². The van der Waals surface area contributed by atoms with Gasteiger partial charge in [0.15, 0.2) is 0 Å². The summed E-state index contributed by atoms with van der Waals surface area (Å²) in [6.07, 6.45) is 1.51. The van der Waals surface area contributed by atoms with Gasteiger partial charge in [0.05, 0.1) is 10.6 Å². The fraction of sp³-hybridized carbons (Fsp3) is 0.185. The number of nitriles is 1. The number of nitrogens with one attached hydrogen (secondary N) is 1. The van der Waals surface area contributed by atoms with Crippen LogP contribution in [0.4, 0.5) is 5.69 Å². The molecule has 3 aromatic rings. The molecule has 1 aliphatic rings. The molecule has 1 heterocycles. The highest BCUT2D eigenvalue weighted by Gasteiger charge is 2.28. The molecule has 1 aliphatic heterocycles. The molecule has 1 N–H and O–H groups in total. The Morgan fingerprint density at radius 2 is 1.58 bits per heavy atom. The first-order chi connectivity index (χ1) is 17.4. The second-order valence-electron chi connectivity index (χ2n) is 8.27. The van der Waals surface area contributed by atoms with Gasteiger partial charge in [0.1, 0.15) is 11.6 Å². The maximum Gasteiger partial charge on any atom is 0.267 e. The van der Waals surface area contributed by atoms with E-state index in [4.69, 9.17) is 0 Å². The number of aryl methyl sites for hydroxylation is 1. The zero-order valence-corrected chi connectivity index (χ0v) is 21.4. The molecule has 3 aromatic carbocycles. The molecule has 0 saturated carbocycles. The third-order valence-electron chi connectivity index (χ3n) is 5.72. The van der Waals surface area contributed by atoms with Crippen molar-refractivity contribution in [2.75, 3.05) is 31.5 Å². The zero-order valence-electron chi connectivity index (χ0n) is 19.8. The van der Waals surface area contributed by atoms with Gasteiger partial charge >= 0.3 is 0 Å². The lowest BCUT2D eigenvalue weighted by atomic mass is 10.2. The third-order valence-corrected chi connectivity index (χ3v) is 8.71. The number of carbonyl (C=O) groups is 1. The molecule has 0 radical (unpaired) electrons. The highest BCUT2D eigenvalue weighted by molar-refractivity contribution is 7.99. The second kappa shape index (κ2) is 11.4. The molecular formula is C27H26N4O3S2. The highest BCUT2D eigenvalue weighted by atomic mass is 32.2. The molecule has 1 fully saturated rings. The molecule has 0 bridgehead atoms. The Hall–Kier alpha value is -3.58. The molecule has 0 spiro atoms. The van der Waals surface area contributed by atoms with Gasteiger partial charge in [-0.1, -0.05) is 59.8 Å². The normalized spacial score (nSPS) is 14.8. The molecule has 1 amide bonds. The Balaban J connectivity index is 1.41. The van der Waals surface area contributed by atoms with Crippen LogP contribution in [0, 0.1) is 18.3 Å². The van der Waals surface area contributed by atoms with Crippen molar-refractivity contribution in [3.05, 3.63) is 96.2 Å². The second-order valence-corrected chi connectivity index (χ2v) is 11.3. The topological polar surface area (TPSA) is 93.5 Å². The van der Waals surface area contributed by atoms with E-state index in [1.54, 1.807) is 30.3 Å². The monoisotopic (exact) mass is 518 g/mol. The fourth-order valence-electron chi connectivity index (χ4n) is 3.72. The molecule has 9 heteroatoms. The lowest BCUT2D eigenvalue weighted by molar-refractivity contribution is -0.112. The fourth-order valence-corrected chi connectivity index (χ4v) is 6.06. The number of benzene rings is 3. The number of hydrogen-bond acceptors (Lipinski definition) is 6. The summed E-state index contributed by atoms with van der Waals surface area (Å²) >= 11 is 1.52. The minimum absolute atomic E-state index is 0.0376. The predicted molar refractivity (Wildman–Crippen MR) is 141 cm³/mol. The Morgan fingerprint density at radius 3 is 2.25 bits per heavy atom. The zero-order chi connectivity index (χ0) is 25.5. The van der Waals surface area contributed by atoms with Crippen LogP contribution in [0.5, 0.6) is 0 Å². The number of amides is 1. The predicted octanol–water partition coefficient (Wildman–Crippen LogP) is 4.50. The number of carbonyl (C=O) groups excluding carboxylic acids is 1. The number of nitrogens with zero attached hydrogens (tertiary/aromatic N) is 3. The van der Waals surface area contributed by atoms with Crippen LogP contribution in [0.25, 0.3) is 0 Å². The van der Waals surface area contributed by atoms with E-state index >= 15 is 0 Å². The molecule has 0 atom stereocenters. The first-order valence-electron chi connectivity index (χ1n) is 11.4. The number of anilines is 1. The van der Waals surface area contributed by atoms with Crippen molar-refractivity contribution >= 4 is 33.4 Å². The number of rotatable bonds is 7. The quantitative estimate of drug-likeness (QED) is 0.366. The molecule has 1 saturated heterocycles. The van der Waals surface area contributed by atoms with Gasteiger partial charge in [0.2, 0.25) is 10.0 Å². The smallest absolute Gasteiger partial charge is 0.267 e. The molecular weight excluding hydrogens is 492 g/mol. The Morgan fingerprint density at radius 1 is 0.944 bits per heavy atom. The van der Waals surface area contributed by atoms with Crippen LogP contribution in [0.15, 0.2) is 105 Å². The molecule has 0 unspecified atom stereocenters. The van der Waals surface area contributed by atoms with Crippen LogP contribution in [-0.4, -0.2) is 49.7 Å². The average Bonchev–Trinajstić information content (AvgIpc) is 2.89. The van der Waals surface area contributed by atoms with Crippen molar-refractivity contribution in [2.45, 2.75) is 21.6 Å². The van der Waals surface area contributed by atoms with E-state index in [2.05, 4.69) is 5.32 Å². The van der Waals surface area contributed by atoms with Gasteiger partial charge < -0.3 is 10.2 Å². The van der Waals surface area contributed by atoms with E-state index in [1.807, 2.05) is 66.4 Å². The maximum absolute atomic E-state index is 12.9. The molecule has 0 aliphatic carbocycles. The summed E-state index contributed by atoms with van der Waals surface area (Å²) < 4.78 is 27.3. The first-order valence-corrected chi connectivity index (χ1v) is 13.7.